The normalized spacial score (nSPS) is 15.2. The van der Waals surface area contributed by atoms with E-state index in [-0.39, 0.29) is 29.6 Å². The smallest absolute Gasteiger partial charge is 0.237 e. The molecule has 0 aliphatic rings. The number of nitriles is 1. The van der Waals surface area contributed by atoms with Crippen molar-refractivity contribution >= 4 is 11.8 Å². The molecule has 0 saturated carbocycles. The third-order valence-electron chi connectivity index (χ3n) is 4.60. The van der Waals surface area contributed by atoms with Crippen molar-refractivity contribution in [2.24, 2.45) is 35.1 Å². The molecule has 6 N–H and O–H groups in total. The van der Waals surface area contributed by atoms with Crippen molar-refractivity contribution in [3.8, 4) is 6.07 Å². The van der Waals surface area contributed by atoms with Gasteiger partial charge in [0.05, 0.1) is 6.07 Å². The molecule has 0 fully saturated rings. The Morgan fingerprint density at radius 1 is 1.11 bits per heavy atom. The van der Waals surface area contributed by atoms with E-state index in [4.69, 9.17) is 11.5 Å². The van der Waals surface area contributed by atoms with Gasteiger partial charge < -0.3 is 22.1 Å². The Bertz CT molecular complexity index is 541. The van der Waals surface area contributed by atoms with Gasteiger partial charge in [-0.05, 0) is 50.1 Å². The summed E-state index contributed by atoms with van der Waals surface area (Å²) in [6.45, 7) is 9.84. The second kappa shape index (κ2) is 15.8. The number of nitrogens with zero attached hydrogens (tertiary/aromatic N) is 1. The molecular formula is C21H37N5O2. The van der Waals surface area contributed by atoms with E-state index < -0.39 is 5.92 Å². The average Bonchev–Trinajstić information content (AvgIpc) is 2.71. The fourth-order valence-corrected chi connectivity index (χ4v) is 2.40. The molecule has 7 nitrogen and oxygen atoms in total. The van der Waals surface area contributed by atoms with Crippen LogP contribution in [0, 0.1) is 35.0 Å². The van der Waals surface area contributed by atoms with Crippen LogP contribution in [0.2, 0.25) is 0 Å². The number of hydrogen-bond acceptors (Lipinski definition) is 5. The third kappa shape index (κ3) is 12.3. The molecule has 4 unspecified atom stereocenters. The molecule has 0 aromatic rings. The lowest BCUT2D eigenvalue weighted by atomic mass is 9.91. The molecule has 158 valence electrons. The second-order valence-corrected chi connectivity index (χ2v) is 7.40. The van der Waals surface area contributed by atoms with Gasteiger partial charge in [-0.25, -0.2) is 0 Å². The number of carbonyl (C=O) groups is 2. The van der Waals surface area contributed by atoms with E-state index in [1.165, 1.54) is 0 Å². The van der Waals surface area contributed by atoms with E-state index in [9.17, 15) is 14.9 Å². The first-order valence-corrected chi connectivity index (χ1v) is 9.99. The maximum atomic E-state index is 12.2. The van der Waals surface area contributed by atoms with E-state index in [0.29, 0.717) is 39.0 Å². The highest BCUT2D eigenvalue weighted by Gasteiger charge is 2.21. The molecule has 0 rings (SSSR count). The molecule has 7 heteroatoms. The molecule has 0 aromatic heterocycles. The average molecular weight is 392 g/mol. The molecule has 28 heavy (non-hydrogen) atoms. The maximum absolute atomic E-state index is 12.2. The van der Waals surface area contributed by atoms with Gasteiger partial charge in [-0.2, -0.15) is 5.26 Å². The Morgan fingerprint density at radius 2 is 1.71 bits per heavy atom. The highest BCUT2D eigenvalue weighted by atomic mass is 16.2. The van der Waals surface area contributed by atoms with Gasteiger partial charge in [-0.15, -0.1) is 6.58 Å². The molecule has 4 atom stereocenters. The number of allylic oxidation sites excluding steroid dienone is 2. The SMILES string of the molecule is C=CC(CCC=CCC(=O)NCC(C)CN)CC(C#N)C(=O)NCC(C)CN. The topological polar surface area (TPSA) is 134 Å². The lowest BCUT2D eigenvalue weighted by molar-refractivity contribution is -0.124. The Balaban J connectivity index is 4.25. The van der Waals surface area contributed by atoms with Gasteiger partial charge in [-0.3, -0.25) is 9.59 Å². The van der Waals surface area contributed by atoms with Gasteiger partial charge in [0, 0.05) is 19.5 Å². The number of amides is 2. The first kappa shape index (κ1) is 25.8. The van der Waals surface area contributed by atoms with E-state index in [2.05, 4.69) is 23.3 Å². The summed E-state index contributed by atoms with van der Waals surface area (Å²) in [7, 11) is 0. The summed E-state index contributed by atoms with van der Waals surface area (Å²) in [5.41, 5.74) is 11.1. The predicted octanol–water partition coefficient (Wildman–Crippen LogP) is 1.47. The fraction of sp³-hybridized carbons (Fsp3) is 0.667. The van der Waals surface area contributed by atoms with Crippen LogP contribution in [0.25, 0.3) is 0 Å². The Kier molecular flexibility index (Phi) is 14.6. The van der Waals surface area contributed by atoms with Crippen molar-refractivity contribution in [1.29, 1.82) is 5.26 Å². The minimum absolute atomic E-state index is 0.0234. The zero-order valence-electron chi connectivity index (χ0n) is 17.3. The quantitative estimate of drug-likeness (QED) is 0.314. The number of hydrogen-bond donors (Lipinski definition) is 4. The minimum Gasteiger partial charge on any atom is -0.356 e. The van der Waals surface area contributed by atoms with Crippen molar-refractivity contribution in [3.05, 3.63) is 24.8 Å². The molecule has 0 saturated heterocycles. The molecule has 0 radical (unpaired) electrons. The molecule has 0 aromatic carbocycles. The number of nitrogens with one attached hydrogen (secondary N) is 2. The summed E-state index contributed by atoms with van der Waals surface area (Å²) in [5, 5.41) is 14.9. The second-order valence-electron chi connectivity index (χ2n) is 7.40. The van der Waals surface area contributed by atoms with Crippen LogP contribution in [0.3, 0.4) is 0 Å². The van der Waals surface area contributed by atoms with Crippen LogP contribution in [-0.2, 0) is 9.59 Å². The Labute approximate surface area is 169 Å². The van der Waals surface area contributed by atoms with Crippen molar-refractivity contribution in [1.82, 2.24) is 10.6 Å². The van der Waals surface area contributed by atoms with Gasteiger partial charge in [0.1, 0.15) is 5.92 Å². The highest BCUT2D eigenvalue weighted by Crippen LogP contribution is 2.19. The summed E-state index contributed by atoms with van der Waals surface area (Å²) >= 11 is 0. The van der Waals surface area contributed by atoms with Gasteiger partial charge in [-0.1, -0.05) is 32.1 Å². The molecule has 0 heterocycles. The number of rotatable bonds is 15. The van der Waals surface area contributed by atoms with Gasteiger partial charge in [0.25, 0.3) is 0 Å². The fourth-order valence-electron chi connectivity index (χ4n) is 2.40. The molecule has 0 aliphatic carbocycles. The summed E-state index contributed by atoms with van der Waals surface area (Å²) in [5.74, 6) is -0.471. The van der Waals surface area contributed by atoms with E-state index in [1.54, 1.807) is 6.08 Å². The van der Waals surface area contributed by atoms with Crippen LogP contribution in [0.4, 0.5) is 0 Å². The third-order valence-corrected chi connectivity index (χ3v) is 4.60. The number of nitrogens with two attached hydrogens (primary N) is 2. The van der Waals surface area contributed by atoms with E-state index in [1.807, 2.05) is 26.0 Å². The van der Waals surface area contributed by atoms with Gasteiger partial charge in [0.15, 0.2) is 0 Å². The predicted molar refractivity (Wildman–Crippen MR) is 113 cm³/mol. The minimum atomic E-state index is -0.702. The first-order valence-electron chi connectivity index (χ1n) is 9.99. The standard InChI is InChI=1S/C21H37N5O2/c1-4-18(10-19(13-24)21(28)26-15-17(3)12-23)8-6-5-7-9-20(27)25-14-16(2)11-22/h4-5,7,16-19H,1,6,8-12,14-15,22-23H2,2-3H3,(H,25,27)(H,26,28). The van der Waals surface area contributed by atoms with Crippen molar-refractivity contribution < 1.29 is 9.59 Å². The summed E-state index contributed by atoms with van der Waals surface area (Å²) in [6.07, 6.45) is 7.88. The Morgan fingerprint density at radius 3 is 2.25 bits per heavy atom. The van der Waals surface area contributed by atoms with Gasteiger partial charge in [0.2, 0.25) is 11.8 Å². The van der Waals surface area contributed by atoms with Crippen LogP contribution in [0.15, 0.2) is 24.8 Å². The molecule has 0 bridgehead atoms. The van der Waals surface area contributed by atoms with Crippen LogP contribution in [0.1, 0.15) is 39.5 Å². The van der Waals surface area contributed by atoms with Crippen molar-refractivity contribution in [2.75, 3.05) is 26.2 Å². The van der Waals surface area contributed by atoms with Crippen molar-refractivity contribution in [3.63, 3.8) is 0 Å². The summed E-state index contributed by atoms with van der Waals surface area (Å²) in [6, 6.07) is 2.08. The van der Waals surface area contributed by atoms with Crippen LogP contribution in [-0.4, -0.2) is 38.0 Å². The van der Waals surface area contributed by atoms with Crippen LogP contribution in [0.5, 0.6) is 0 Å². The zero-order chi connectivity index (χ0) is 21.4. The first-order chi connectivity index (χ1) is 13.4. The van der Waals surface area contributed by atoms with Crippen molar-refractivity contribution in [2.45, 2.75) is 39.5 Å². The largest absolute Gasteiger partial charge is 0.356 e. The molecular weight excluding hydrogens is 354 g/mol. The lowest BCUT2D eigenvalue weighted by Crippen LogP contribution is -2.35. The van der Waals surface area contributed by atoms with E-state index in [0.717, 1.165) is 12.8 Å². The monoisotopic (exact) mass is 391 g/mol. The van der Waals surface area contributed by atoms with Gasteiger partial charge >= 0.3 is 0 Å². The molecule has 0 spiro atoms. The Hall–Kier alpha value is -2.17. The van der Waals surface area contributed by atoms with E-state index >= 15 is 0 Å². The van der Waals surface area contributed by atoms with Crippen LogP contribution >= 0.6 is 0 Å². The lowest BCUT2D eigenvalue weighted by Gasteiger charge is -2.17. The number of carbonyl (C=O) groups excluding carboxylic acids is 2. The molecule has 0 aliphatic heterocycles. The summed E-state index contributed by atoms with van der Waals surface area (Å²) < 4.78 is 0. The highest BCUT2D eigenvalue weighted by molar-refractivity contribution is 5.81. The van der Waals surface area contributed by atoms with Crippen LogP contribution < -0.4 is 22.1 Å². The maximum Gasteiger partial charge on any atom is 0.237 e. The zero-order valence-corrected chi connectivity index (χ0v) is 17.3. The molecule has 2 amide bonds. The summed E-state index contributed by atoms with van der Waals surface area (Å²) in [4.78, 5) is 23.9.